The number of aromatic nitrogens is 1. The van der Waals surface area contributed by atoms with Crippen LogP contribution in [0.4, 0.5) is 0 Å². The number of carbonyl (C=O) groups is 1. The topological polar surface area (TPSA) is 76.1 Å². The van der Waals surface area contributed by atoms with Crippen molar-refractivity contribution in [2.45, 2.75) is 17.2 Å². The van der Waals surface area contributed by atoms with E-state index in [1.165, 1.54) is 12.4 Å². The highest BCUT2D eigenvalue weighted by molar-refractivity contribution is 7.91. The van der Waals surface area contributed by atoms with Gasteiger partial charge in [0.2, 0.25) is 9.84 Å². The van der Waals surface area contributed by atoms with Gasteiger partial charge in [-0.15, -0.1) is 0 Å². The summed E-state index contributed by atoms with van der Waals surface area (Å²) in [6.07, 6.45) is 3.00. The zero-order valence-electron chi connectivity index (χ0n) is 14.2. The van der Waals surface area contributed by atoms with Crippen LogP contribution in [0.2, 0.25) is 0 Å². The minimum absolute atomic E-state index is 0.151. The molecule has 0 aliphatic carbocycles. The molecule has 1 atom stereocenters. The van der Waals surface area contributed by atoms with E-state index in [4.69, 9.17) is 0 Å². The fourth-order valence-electron chi connectivity index (χ4n) is 2.53. The summed E-state index contributed by atoms with van der Waals surface area (Å²) in [5.41, 5.74) is 1.80. The van der Waals surface area contributed by atoms with Crippen LogP contribution in [0.3, 0.4) is 0 Å². The van der Waals surface area contributed by atoms with E-state index in [0.29, 0.717) is 11.1 Å². The van der Waals surface area contributed by atoms with E-state index in [1.54, 1.807) is 66.7 Å². The number of hydrogen-bond acceptors (Lipinski definition) is 4. The summed E-state index contributed by atoms with van der Waals surface area (Å²) >= 11 is 0. The molecular formula is C20H18N2O3S. The highest BCUT2D eigenvalue weighted by Crippen LogP contribution is 2.27. The SMILES string of the molecule is Cc1ccc(S(=O)(=O)C(NC(=O)c2ccccc2)c2ccncc2)cc1. The Kier molecular flexibility index (Phi) is 5.14. The average molecular weight is 366 g/mol. The molecule has 3 aromatic rings. The third-order valence-corrected chi connectivity index (χ3v) is 5.91. The van der Waals surface area contributed by atoms with Gasteiger partial charge in [0.1, 0.15) is 0 Å². The minimum atomic E-state index is -3.83. The van der Waals surface area contributed by atoms with Crippen molar-refractivity contribution < 1.29 is 13.2 Å². The normalized spacial score (nSPS) is 12.3. The van der Waals surface area contributed by atoms with E-state index < -0.39 is 21.1 Å². The molecule has 0 spiro atoms. The maximum absolute atomic E-state index is 13.2. The van der Waals surface area contributed by atoms with Crippen molar-refractivity contribution in [2.24, 2.45) is 0 Å². The second kappa shape index (κ2) is 7.49. The summed E-state index contributed by atoms with van der Waals surface area (Å²) < 4.78 is 26.4. The molecule has 0 fully saturated rings. The number of sulfone groups is 1. The summed E-state index contributed by atoms with van der Waals surface area (Å²) in [7, 11) is -3.83. The van der Waals surface area contributed by atoms with Gasteiger partial charge in [0, 0.05) is 18.0 Å². The van der Waals surface area contributed by atoms with Crippen LogP contribution < -0.4 is 5.32 Å². The largest absolute Gasteiger partial charge is 0.331 e. The monoisotopic (exact) mass is 366 g/mol. The number of amides is 1. The summed E-state index contributed by atoms with van der Waals surface area (Å²) in [5, 5.41) is 1.44. The van der Waals surface area contributed by atoms with Gasteiger partial charge in [0.05, 0.1) is 4.90 Å². The molecule has 1 aromatic heterocycles. The van der Waals surface area contributed by atoms with E-state index in [0.717, 1.165) is 5.56 Å². The number of rotatable bonds is 5. The maximum atomic E-state index is 13.2. The summed E-state index contributed by atoms with van der Waals surface area (Å²) in [6.45, 7) is 1.88. The van der Waals surface area contributed by atoms with Crippen molar-refractivity contribution >= 4 is 15.7 Å². The first-order valence-electron chi connectivity index (χ1n) is 8.05. The molecular weight excluding hydrogens is 348 g/mol. The Labute approximate surface area is 152 Å². The van der Waals surface area contributed by atoms with Crippen LogP contribution in [0.25, 0.3) is 0 Å². The first-order valence-corrected chi connectivity index (χ1v) is 9.59. The van der Waals surface area contributed by atoms with Gasteiger partial charge >= 0.3 is 0 Å². The lowest BCUT2D eigenvalue weighted by molar-refractivity contribution is 0.0948. The van der Waals surface area contributed by atoms with E-state index in [2.05, 4.69) is 10.3 Å². The van der Waals surface area contributed by atoms with E-state index >= 15 is 0 Å². The number of carbonyl (C=O) groups excluding carboxylic acids is 1. The average Bonchev–Trinajstić information content (AvgIpc) is 2.67. The molecule has 0 saturated carbocycles. The van der Waals surface area contributed by atoms with Crippen LogP contribution in [-0.4, -0.2) is 19.3 Å². The molecule has 3 rings (SSSR count). The third-order valence-electron chi connectivity index (χ3n) is 3.97. The Morgan fingerprint density at radius 3 is 2.15 bits per heavy atom. The number of hydrogen-bond donors (Lipinski definition) is 1. The maximum Gasteiger partial charge on any atom is 0.252 e. The van der Waals surface area contributed by atoms with Crippen molar-refractivity contribution in [3.8, 4) is 0 Å². The number of pyridine rings is 1. The summed E-state index contributed by atoms with van der Waals surface area (Å²) in [6, 6.07) is 18.3. The molecule has 132 valence electrons. The molecule has 1 amide bonds. The fourth-order valence-corrected chi connectivity index (χ4v) is 4.10. The second-order valence-corrected chi connectivity index (χ2v) is 7.89. The highest BCUT2D eigenvalue weighted by atomic mass is 32.2. The zero-order chi connectivity index (χ0) is 18.6. The van der Waals surface area contributed by atoms with Crippen molar-refractivity contribution in [2.75, 3.05) is 0 Å². The number of nitrogens with zero attached hydrogens (tertiary/aromatic N) is 1. The Hall–Kier alpha value is -2.99. The Bertz CT molecular complexity index is 986. The van der Waals surface area contributed by atoms with Crippen LogP contribution in [0.5, 0.6) is 0 Å². The van der Waals surface area contributed by atoms with Gasteiger partial charge in [-0.3, -0.25) is 9.78 Å². The molecule has 0 radical (unpaired) electrons. The molecule has 1 unspecified atom stereocenters. The first kappa shape index (κ1) is 17.8. The summed E-state index contributed by atoms with van der Waals surface area (Å²) in [5.74, 6) is -0.455. The van der Waals surface area contributed by atoms with Gasteiger partial charge in [-0.1, -0.05) is 35.9 Å². The van der Waals surface area contributed by atoms with Gasteiger partial charge in [-0.2, -0.15) is 0 Å². The van der Waals surface area contributed by atoms with Crippen molar-refractivity contribution in [3.05, 3.63) is 95.8 Å². The van der Waals surface area contributed by atoms with Crippen LogP contribution >= 0.6 is 0 Å². The van der Waals surface area contributed by atoms with Gasteiger partial charge in [-0.25, -0.2) is 8.42 Å². The third kappa shape index (κ3) is 3.81. The number of aryl methyl sites for hydroxylation is 1. The molecule has 0 aliphatic rings. The lowest BCUT2D eigenvalue weighted by Gasteiger charge is -2.20. The highest BCUT2D eigenvalue weighted by Gasteiger charge is 2.31. The van der Waals surface area contributed by atoms with Gasteiger partial charge in [0.25, 0.3) is 5.91 Å². The predicted octanol–water partition coefficient (Wildman–Crippen LogP) is 3.29. The Morgan fingerprint density at radius 1 is 0.923 bits per heavy atom. The molecule has 0 saturated heterocycles. The second-order valence-electron chi connectivity index (χ2n) is 5.86. The zero-order valence-corrected chi connectivity index (χ0v) is 15.0. The van der Waals surface area contributed by atoms with Crippen LogP contribution in [-0.2, 0) is 9.84 Å². The lowest BCUT2D eigenvalue weighted by Crippen LogP contribution is -2.34. The minimum Gasteiger partial charge on any atom is -0.331 e. The van der Waals surface area contributed by atoms with Crippen molar-refractivity contribution in [1.29, 1.82) is 0 Å². The molecule has 6 heteroatoms. The van der Waals surface area contributed by atoms with Gasteiger partial charge < -0.3 is 5.32 Å². The van der Waals surface area contributed by atoms with Crippen LogP contribution in [0.15, 0.2) is 84.0 Å². The molecule has 2 aromatic carbocycles. The van der Waals surface area contributed by atoms with Crippen LogP contribution in [0, 0.1) is 6.92 Å². The smallest absolute Gasteiger partial charge is 0.252 e. The number of benzene rings is 2. The van der Waals surface area contributed by atoms with E-state index in [9.17, 15) is 13.2 Å². The molecule has 0 bridgehead atoms. The molecule has 0 aliphatic heterocycles. The Balaban J connectivity index is 2.01. The van der Waals surface area contributed by atoms with Gasteiger partial charge in [0.15, 0.2) is 5.37 Å². The van der Waals surface area contributed by atoms with Crippen LogP contribution in [0.1, 0.15) is 26.9 Å². The molecule has 1 N–H and O–H groups in total. The standard InChI is InChI=1S/C20H18N2O3S/c1-15-7-9-18(10-8-15)26(24,25)20(17-11-13-21-14-12-17)22-19(23)16-5-3-2-4-6-16/h2-14,20H,1H3,(H,22,23). The number of nitrogens with one attached hydrogen (secondary N) is 1. The van der Waals surface area contributed by atoms with E-state index in [-0.39, 0.29) is 4.90 Å². The molecule has 1 heterocycles. The van der Waals surface area contributed by atoms with Crippen molar-refractivity contribution in [1.82, 2.24) is 10.3 Å². The predicted molar refractivity (Wildman–Crippen MR) is 99.3 cm³/mol. The first-order chi connectivity index (χ1) is 12.5. The Morgan fingerprint density at radius 2 is 1.54 bits per heavy atom. The van der Waals surface area contributed by atoms with Gasteiger partial charge in [-0.05, 0) is 48.9 Å². The van der Waals surface area contributed by atoms with E-state index in [1.807, 2.05) is 6.92 Å². The quantitative estimate of drug-likeness (QED) is 0.752. The molecule has 5 nitrogen and oxygen atoms in total. The van der Waals surface area contributed by atoms with Crippen molar-refractivity contribution in [3.63, 3.8) is 0 Å². The summed E-state index contributed by atoms with van der Waals surface area (Å²) in [4.78, 5) is 16.6. The molecule has 26 heavy (non-hydrogen) atoms. The lowest BCUT2D eigenvalue weighted by atomic mass is 10.2. The fraction of sp³-hybridized carbons (Fsp3) is 0.100.